The van der Waals surface area contributed by atoms with Crippen LogP contribution in [0.2, 0.25) is 0 Å². The Balaban J connectivity index is 1.30. The van der Waals surface area contributed by atoms with Crippen LogP contribution in [0.4, 0.5) is 13.2 Å². The fourth-order valence-corrected chi connectivity index (χ4v) is 5.27. The highest BCUT2D eigenvalue weighted by atomic mass is 32.2. The zero-order valence-electron chi connectivity index (χ0n) is 18.3. The maximum Gasteiger partial charge on any atom is 0.253 e. The van der Waals surface area contributed by atoms with Gasteiger partial charge in [-0.1, -0.05) is 18.2 Å². The van der Waals surface area contributed by atoms with E-state index in [1.54, 1.807) is 0 Å². The molecule has 1 aliphatic rings. The molecule has 10 heteroatoms. The van der Waals surface area contributed by atoms with Crippen LogP contribution in [0.3, 0.4) is 0 Å². The highest BCUT2D eigenvalue weighted by molar-refractivity contribution is 8.00. The normalized spacial score (nSPS) is 16.7. The van der Waals surface area contributed by atoms with E-state index >= 15 is 0 Å². The van der Waals surface area contributed by atoms with Gasteiger partial charge in [-0.25, -0.2) is 13.2 Å². The van der Waals surface area contributed by atoms with Gasteiger partial charge >= 0.3 is 0 Å². The Morgan fingerprint density at radius 3 is 2.74 bits per heavy atom. The molecule has 2 amide bonds. The first-order chi connectivity index (χ1) is 16.3. The molecule has 0 bridgehead atoms. The van der Waals surface area contributed by atoms with E-state index in [4.69, 9.17) is 5.73 Å². The summed E-state index contributed by atoms with van der Waals surface area (Å²) in [5.74, 6) is -3.34. The summed E-state index contributed by atoms with van der Waals surface area (Å²) in [4.78, 5) is 30.2. The van der Waals surface area contributed by atoms with Crippen molar-refractivity contribution in [3.8, 4) is 0 Å². The predicted molar refractivity (Wildman–Crippen MR) is 126 cm³/mol. The number of para-hydroxylation sites is 1. The van der Waals surface area contributed by atoms with Crippen molar-refractivity contribution in [1.82, 2.24) is 15.2 Å². The molecule has 2 aromatic carbocycles. The number of hydrogen-bond acceptors (Lipinski definition) is 4. The monoisotopic (exact) mass is 490 g/mol. The van der Waals surface area contributed by atoms with Crippen LogP contribution >= 0.6 is 11.8 Å². The second-order valence-corrected chi connectivity index (χ2v) is 9.42. The summed E-state index contributed by atoms with van der Waals surface area (Å²) in [5, 5.41) is 3.34. The summed E-state index contributed by atoms with van der Waals surface area (Å²) in [6.07, 6.45) is 2.30. The largest absolute Gasteiger partial charge is 0.361 e. The van der Waals surface area contributed by atoms with E-state index in [9.17, 15) is 22.8 Å². The molecular formula is C24H25F3N4O2S. The van der Waals surface area contributed by atoms with Crippen LogP contribution in [0, 0.1) is 17.5 Å². The average Bonchev–Trinajstić information content (AvgIpc) is 3.45. The van der Waals surface area contributed by atoms with Crippen molar-refractivity contribution in [2.24, 2.45) is 5.73 Å². The number of nitrogens with zero attached hydrogens (tertiary/aromatic N) is 1. The van der Waals surface area contributed by atoms with Crippen molar-refractivity contribution in [3.05, 3.63) is 71.2 Å². The highest BCUT2D eigenvalue weighted by Crippen LogP contribution is 2.25. The molecule has 2 atom stereocenters. The Kier molecular flexibility index (Phi) is 7.47. The summed E-state index contributed by atoms with van der Waals surface area (Å²) in [6.45, 7) is 0.824. The summed E-state index contributed by atoms with van der Waals surface area (Å²) >= 11 is 1.37. The van der Waals surface area contributed by atoms with E-state index < -0.39 is 28.9 Å². The average molecular weight is 491 g/mol. The van der Waals surface area contributed by atoms with E-state index in [1.165, 1.54) is 16.7 Å². The van der Waals surface area contributed by atoms with E-state index in [0.29, 0.717) is 31.3 Å². The molecule has 1 fully saturated rings. The van der Waals surface area contributed by atoms with Crippen molar-refractivity contribution in [2.75, 3.05) is 18.8 Å². The lowest BCUT2D eigenvalue weighted by molar-refractivity contribution is -0.136. The van der Waals surface area contributed by atoms with Crippen LogP contribution in [0.15, 0.2) is 42.6 Å². The molecule has 1 aromatic heterocycles. The zero-order valence-corrected chi connectivity index (χ0v) is 19.1. The van der Waals surface area contributed by atoms with Crippen molar-refractivity contribution >= 4 is 34.5 Å². The number of amides is 2. The van der Waals surface area contributed by atoms with Crippen molar-refractivity contribution in [2.45, 2.75) is 30.7 Å². The number of hydrogen-bond donors (Lipinski definition) is 3. The Labute approximate surface area is 199 Å². The molecule has 1 unspecified atom stereocenters. The van der Waals surface area contributed by atoms with Gasteiger partial charge in [0, 0.05) is 54.5 Å². The number of H-pyrrole nitrogens is 1. The zero-order chi connectivity index (χ0) is 24.2. The Hall–Kier alpha value is -2.98. The fraction of sp³-hybridized carbons (Fsp3) is 0.333. The molecule has 1 aliphatic heterocycles. The Morgan fingerprint density at radius 2 is 1.91 bits per heavy atom. The van der Waals surface area contributed by atoms with Gasteiger partial charge in [0.2, 0.25) is 5.91 Å². The van der Waals surface area contributed by atoms with Gasteiger partial charge in [-0.3, -0.25) is 9.59 Å². The first kappa shape index (κ1) is 24.2. The molecule has 4 rings (SSSR count). The second-order valence-electron chi connectivity index (χ2n) is 8.24. The molecule has 0 radical (unpaired) electrons. The quantitative estimate of drug-likeness (QED) is 0.423. The summed E-state index contributed by atoms with van der Waals surface area (Å²) in [6, 6.07) is 8.34. The Morgan fingerprint density at radius 1 is 1.15 bits per heavy atom. The smallest absolute Gasteiger partial charge is 0.253 e. The minimum Gasteiger partial charge on any atom is -0.361 e. The molecule has 0 saturated carbocycles. The van der Waals surface area contributed by atoms with Crippen LogP contribution < -0.4 is 11.1 Å². The van der Waals surface area contributed by atoms with Crippen LogP contribution in [-0.2, 0) is 22.4 Å². The van der Waals surface area contributed by atoms with Gasteiger partial charge < -0.3 is 20.9 Å². The number of carbonyl (C=O) groups is 2. The van der Waals surface area contributed by atoms with Crippen LogP contribution in [-0.4, -0.2) is 52.0 Å². The van der Waals surface area contributed by atoms with Gasteiger partial charge in [-0.05, 0) is 36.1 Å². The number of carbonyl (C=O) groups excluding carboxylic acids is 2. The molecule has 180 valence electrons. The summed E-state index contributed by atoms with van der Waals surface area (Å²) in [5.41, 5.74) is 8.03. The third-order valence-electron chi connectivity index (χ3n) is 5.81. The molecule has 4 N–H and O–H groups in total. The fourth-order valence-electron chi connectivity index (χ4n) is 4.11. The van der Waals surface area contributed by atoms with Crippen LogP contribution in [0.1, 0.15) is 17.5 Å². The number of rotatable bonds is 8. The SMILES string of the molecule is N[C@@H](CC(=O)N1CCSC1C(=O)NCCc1c[nH]c2ccccc12)Cc1cc(F)c(F)cc1F. The first-order valence-electron chi connectivity index (χ1n) is 11.0. The van der Waals surface area contributed by atoms with Gasteiger partial charge in [0.05, 0.1) is 0 Å². The van der Waals surface area contributed by atoms with Crippen molar-refractivity contribution in [3.63, 3.8) is 0 Å². The van der Waals surface area contributed by atoms with E-state index in [0.717, 1.165) is 22.5 Å². The number of aromatic amines is 1. The van der Waals surface area contributed by atoms with Crippen LogP contribution in [0.25, 0.3) is 10.9 Å². The topological polar surface area (TPSA) is 91.2 Å². The number of thioether (sulfide) groups is 1. The van der Waals surface area contributed by atoms with Crippen molar-refractivity contribution in [1.29, 1.82) is 0 Å². The molecule has 0 spiro atoms. The van der Waals surface area contributed by atoms with E-state index in [-0.39, 0.29) is 30.2 Å². The molecule has 6 nitrogen and oxygen atoms in total. The number of aromatic nitrogens is 1. The minimum absolute atomic E-state index is 0.0958. The second kappa shape index (κ2) is 10.5. The Bertz CT molecular complexity index is 1200. The first-order valence-corrected chi connectivity index (χ1v) is 12.0. The van der Waals surface area contributed by atoms with Crippen molar-refractivity contribution < 1.29 is 22.8 Å². The molecule has 1 saturated heterocycles. The van der Waals surface area contributed by atoms with Gasteiger partial charge in [-0.15, -0.1) is 11.8 Å². The van der Waals surface area contributed by atoms with E-state index in [2.05, 4.69) is 10.3 Å². The molecule has 34 heavy (non-hydrogen) atoms. The lowest BCUT2D eigenvalue weighted by atomic mass is 10.0. The molecule has 2 heterocycles. The molecular weight excluding hydrogens is 465 g/mol. The lowest BCUT2D eigenvalue weighted by Gasteiger charge is -2.24. The molecule has 0 aliphatic carbocycles. The summed E-state index contributed by atoms with van der Waals surface area (Å²) in [7, 11) is 0. The minimum atomic E-state index is -1.28. The summed E-state index contributed by atoms with van der Waals surface area (Å²) < 4.78 is 40.4. The number of benzene rings is 2. The van der Waals surface area contributed by atoms with Crippen LogP contribution in [0.5, 0.6) is 0 Å². The van der Waals surface area contributed by atoms with E-state index in [1.807, 2.05) is 30.5 Å². The third-order valence-corrected chi connectivity index (χ3v) is 7.01. The standard InChI is InChI=1S/C24H25F3N4O2S/c25-18-12-20(27)19(26)10-15(18)9-16(28)11-22(32)31-7-8-34-24(31)23(33)29-6-5-14-13-30-21-4-2-1-3-17(14)21/h1-4,10,12-13,16,24,30H,5-9,11,28H2,(H,29,33)/t16-,24?/m1/s1. The lowest BCUT2D eigenvalue weighted by Crippen LogP contribution is -2.46. The number of halogens is 3. The van der Waals surface area contributed by atoms with Gasteiger partial charge in [-0.2, -0.15) is 0 Å². The maximum absolute atomic E-state index is 13.9. The van der Waals surface area contributed by atoms with Gasteiger partial charge in [0.15, 0.2) is 17.0 Å². The highest BCUT2D eigenvalue weighted by Gasteiger charge is 2.35. The number of nitrogens with one attached hydrogen (secondary N) is 2. The number of nitrogens with two attached hydrogens (primary N) is 1. The predicted octanol–water partition coefficient (Wildman–Crippen LogP) is 3.11. The third kappa shape index (κ3) is 5.39. The number of fused-ring (bicyclic) bond motifs is 1. The van der Waals surface area contributed by atoms with Gasteiger partial charge in [0.25, 0.3) is 5.91 Å². The maximum atomic E-state index is 13.9. The molecule has 3 aromatic rings. The van der Waals surface area contributed by atoms with Gasteiger partial charge in [0.1, 0.15) is 5.82 Å².